The normalized spacial score (nSPS) is 17.1. The van der Waals surface area contributed by atoms with Gasteiger partial charge in [0.05, 0.1) is 29.8 Å². The highest BCUT2D eigenvalue weighted by atomic mass is 35.5. The quantitative estimate of drug-likeness (QED) is 0.497. The van der Waals surface area contributed by atoms with Crippen LogP contribution in [-0.4, -0.2) is 32.8 Å². The van der Waals surface area contributed by atoms with Crippen molar-refractivity contribution in [2.45, 2.75) is 12.5 Å². The smallest absolute Gasteiger partial charge is 0.171 e. The maximum atomic E-state index is 14.7. The van der Waals surface area contributed by atoms with Gasteiger partial charge in [-0.3, -0.25) is 9.38 Å². The summed E-state index contributed by atoms with van der Waals surface area (Å²) in [5, 5.41) is 12.2. The topological polar surface area (TPSA) is 73.6 Å². The number of nitrogens with one attached hydrogen (secondary N) is 1. The molecule has 0 saturated carbocycles. The molecule has 3 aromatic heterocycles. The molecule has 150 valence electrons. The fourth-order valence-electron chi connectivity index (χ4n) is 4.11. The van der Waals surface area contributed by atoms with E-state index in [1.54, 1.807) is 29.1 Å². The number of aromatic nitrogens is 4. The third-order valence-electron chi connectivity index (χ3n) is 5.52. The summed E-state index contributed by atoms with van der Waals surface area (Å²) in [6.45, 7) is 1.11. The van der Waals surface area contributed by atoms with Crippen LogP contribution in [0.5, 0.6) is 11.5 Å². The Labute approximate surface area is 175 Å². The molecular formula is C21H15ClFN5O2. The monoisotopic (exact) mass is 423 g/mol. The second-order valence-corrected chi connectivity index (χ2v) is 7.70. The van der Waals surface area contributed by atoms with Crippen LogP contribution in [0.15, 0.2) is 42.9 Å². The van der Waals surface area contributed by atoms with Crippen molar-refractivity contribution in [1.29, 1.82) is 0 Å². The third-order valence-corrected chi connectivity index (χ3v) is 5.75. The van der Waals surface area contributed by atoms with Gasteiger partial charge < -0.3 is 14.8 Å². The predicted octanol–water partition coefficient (Wildman–Crippen LogP) is 4.06. The van der Waals surface area contributed by atoms with Crippen molar-refractivity contribution >= 4 is 23.1 Å². The van der Waals surface area contributed by atoms with Crippen LogP contribution in [0.1, 0.15) is 17.0 Å². The van der Waals surface area contributed by atoms with Gasteiger partial charge in [0.1, 0.15) is 17.9 Å². The van der Waals surface area contributed by atoms with Gasteiger partial charge in [0.25, 0.3) is 0 Å². The standard InChI is InChI=1S/C21H15ClFN5O2/c22-12-1-3-16(24-6-12)13-5-18-21(28-10-26-27-20(13)28)25-7-14-15(23)2-4-17-19(14)11(8-29-17)9-30-18/h1-6,10-11,25H,7-9H2/t11-/m1/s1. The first-order valence-electron chi connectivity index (χ1n) is 9.48. The lowest BCUT2D eigenvalue weighted by molar-refractivity contribution is 0.249. The Morgan fingerprint density at radius 2 is 2.00 bits per heavy atom. The summed E-state index contributed by atoms with van der Waals surface area (Å²) in [5.74, 6) is 1.67. The average molecular weight is 424 g/mol. The number of benzene rings is 1. The summed E-state index contributed by atoms with van der Waals surface area (Å²) in [6, 6.07) is 8.60. The van der Waals surface area contributed by atoms with E-state index < -0.39 is 0 Å². The summed E-state index contributed by atoms with van der Waals surface area (Å²) >= 11 is 5.99. The van der Waals surface area contributed by atoms with Gasteiger partial charge >= 0.3 is 0 Å². The van der Waals surface area contributed by atoms with Gasteiger partial charge in [-0.1, -0.05) is 11.6 Å². The Morgan fingerprint density at radius 3 is 2.83 bits per heavy atom. The number of ether oxygens (including phenoxy) is 2. The molecule has 0 aliphatic carbocycles. The molecule has 4 aromatic rings. The van der Waals surface area contributed by atoms with Crippen molar-refractivity contribution in [1.82, 2.24) is 19.6 Å². The Morgan fingerprint density at radius 1 is 1.13 bits per heavy atom. The van der Waals surface area contributed by atoms with Gasteiger partial charge in [-0.15, -0.1) is 10.2 Å². The molecule has 7 nitrogen and oxygen atoms in total. The zero-order valence-electron chi connectivity index (χ0n) is 15.6. The molecule has 0 unspecified atom stereocenters. The van der Waals surface area contributed by atoms with Crippen molar-refractivity contribution in [2.24, 2.45) is 0 Å². The molecule has 1 N–H and O–H groups in total. The molecule has 6 rings (SSSR count). The molecule has 9 heteroatoms. The molecule has 1 atom stereocenters. The SMILES string of the molecule is Fc1ccc2c3c1CNc1c(cc(-c4ccc(Cl)cn4)c4nncn14)OC[C@H]3CO2. The second kappa shape index (κ2) is 6.56. The average Bonchev–Trinajstić information content (AvgIpc) is 3.40. The third kappa shape index (κ3) is 2.60. The highest BCUT2D eigenvalue weighted by Crippen LogP contribution is 2.41. The van der Waals surface area contributed by atoms with Crippen molar-refractivity contribution in [3.8, 4) is 22.8 Å². The predicted molar refractivity (Wildman–Crippen MR) is 109 cm³/mol. The lowest BCUT2D eigenvalue weighted by Crippen LogP contribution is -2.13. The van der Waals surface area contributed by atoms with Gasteiger partial charge in [0.2, 0.25) is 0 Å². The van der Waals surface area contributed by atoms with Crippen LogP contribution in [0.2, 0.25) is 5.02 Å². The van der Waals surface area contributed by atoms with Crippen molar-refractivity contribution in [2.75, 3.05) is 18.5 Å². The molecule has 0 spiro atoms. The van der Waals surface area contributed by atoms with E-state index >= 15 is 0 Å². The van der Waals surface area contributed by atoms with Gasteiger partial charge in [-0.2, -0.15) is 0 Å². The van der Waals surface area contributed by atoms with Crippen LogP contribution >= 0.6 is 11.6 Å². The Kier molecular flexibility index (Phi) is 3.82. The van der Waals surface area contributed by atoms with Gasteiger partial charge in [0.15, 0.2) is 17.2 Å². The minimum Gasteiger partial charge on any atom is -0.493 e. The Balaban J connectivity index is 1.51. The molecule has 30 heavy (non-hydrogen) atoms. The maximum absolute atomic E-state index is 14.7. The van der Waals surface area contributed by atoms with E-state index in [1.807, 2.05) is 12.1 Å². The van der Waals surface area contributed by atoms with Crippen LogP contribution < -0.4 is 14.8 Å². The van der Waals surface area contributed by atoms with E-state index in [-0.39, 0.29) is 18.3 Å². The zero-order chi connectivity index (χ0) is 20.2. The fraction of sp³-hybridized carbons (Fsp3) is 0.190. The molecule has 0 bridgehead atoms. The molecule has 0 amide bonds. The lowest BCUT2D eigenvalue weighted by Gasteiger charge is -2.16. The summed E-state index contributed by atoms with van der Waals surface area (Å²) in [6.07, 6.45) is 3.18. The molecule has 1 aromatic carbocycles. The summed E-state index contributed by atoms with van der Waals surface area (Å²) in [7, 11) is 0. The van der Waals surface area contributed by atoms with Crippen LogP contribution in [0.4, 0.5) is 10.2 Å². The van der Waals surface area contributed by atoms with E-state index in [9.17, 15) is 4.39 Å². The minimum absolute atomic E-state index is 0.0489. The molecule has 5 heterocycles. The maximum Gasteiger partial charge on any atom is 0.171 e. The van der Waals surface area contributed by atoms with Crippen LogP contribution in [-0.2, 0) is 6.54 Å². The summed E-state index contributed by atoms with van der Waals surface area (Å²) in [5.41, 5.74) is 3.53. The number of hydrogen-bond donors (Lipinski definition) is 1. The number of rotatable bonds is 1. The number of pyridine rings is 2. The minimum atomic E-state index is -0.262. The Bertz CT molecular complexity index is 1290. The Hall–Kier alpha value is -3.39. The number of halogens is 2. The molecule has 0 fully saturated rings. The molecule has 2 aliphatic rings. The molecule has 2 aliphatic heterocycles. The van der Waals surface area contributed by atoms with E-state index in [2.05, 4.69) is 20.5 Å². The first-order chi connectivity index (χ1) is 14.7. The van der Waals surface area contributed by atoms with Crippen LogP contribution in [0, 0.1) is 5.82 Å². The van der Waals surface area contributed by atoms with E-state index in [0.717, 1.165) is 11.1 Å². The van der Waals surface area contributed by atoms with Gasteiger partial charge in [0, 0.05) is 29.4 Å². The first-order valence-corrected chi connectivity index (χ1v) is 9.86. The largest absolute Gasteiger partial charge is 0.493 e. The number of fused-ring (bicyclic) bond motifs is 3. The highest BCUT2D eigenvalue weighted by molar-refractivity contribution is 6.30. The van der Waals surface area contributed by atoms with Crippen LogP contribution in [0.25, 0.3) is 16.9 Å². The van der Waals surface area contributed by atoms with E-state index in [1.165, 1.54) is 6.07 Å². The van der Waals surface area contributed by atoms with Crippen molar-refractivity contribution < 1.29 is 13.9 Å². The van der Waals surface area contributed by atoms with E-state index in [4.69, 9.17) is 21.1 Å². The first kappa shape index (κ1) is 17.5. The second-order valence-electron chi connectivity index (χ2n) is 7.27. The number of hydrogen-bond acceptors (Lipinski definition) is 6. The summed E-state index contributed by atoms with van der Waals surface area (Å²) in [4.78, 5) is 4.41. The molecular weight excluding hydrogens is 409 g/mol. The summed E-state index contributed by atoms with van der Waals surface area (Å²) < 4.78 is 28.4. The zero-order valence-corrected chi connectivity index (χ0v) is 16.4. The highest BCUT2D eigenvalue weighted by Gasteiger charge is 2.31. The van der Waals surface area contributed by atoms with Crippen LogP contribution in [0.3, 0.4) is 0 Å². The number of nitrogens with zero attached hydrogens (tertiary/aromatic N) is 4. The van der Waals surface area contributed by atoms with Crippen molar-refractivity contribution in [3.05, 3.63) is 64.8 Å². The number of anilines is 1. The van der Waals surface area contributed by atoms with Crippen molar-refractivity contribution in [3.63, 3.8) is 0 Å². The fourth-order valence-corrected chi connectivity index (χ4v) is 4.22. The van der Waals surface area contributed by atoms with Gasteiger partial charge in [-0.05, 0) is 30.3 Å². The lowest BCUT2D eigenvalue weighted by atomic mass is 9.96. The van der Waals surface area contributed by atoms with Gasteiger partial charge in [-0.25, -0.2) is 4.39 Å². The van der Waals surface area contributed by atoms with E-state index in [0.29, 0.717) is 52.5 Å². The molecule has 0 saturated heterocycles. The molecule has 0 radical (unpaired) electrons.